The number of benzene rings is 2. The molecule has 16 heavy (non-hydrogen) atoms. The van der Waals surface area contributed by atoms with Crippen molar-refractivity contribution in [3.8, 4) is 0 Å². The van der Waals surface area contributed by atoms with Crippen molar-refractivity contribution in [2.75, 3.05) is 7.11 Å². The lowest BCUT2D eigenvalue weighted by molar-refractivity contribution is 0.0564. The smallest absolute Gasteiger partial charge is 0.254 e. The summed E-state index contributed by atoms with van der Waals surface area (Å²) in [7, 11) is 1.59. The Bertz CT molecular complexity index is 572. The number of carbonyl (C=O) groups excluding carboxylic acids is 1. The van der Waals surface area contributed by atoms with Gasteiger partial charge in [0.2, 0.25) is 0 Å². The number of nitrogens with one attached hydrogen (secondary N) is 1. The first-order chi connectivity index (χ1) is 7.81. The summed E-state index contributed by atoms with van der Waals surface area (Å²) in [5, 5.41) is 4.90. The fourth-order valence-electron chi connectivity index (χ4n) is 2.24. The Morgan fingerprint density at radius 1 is 1.19 bits per heavy atom. The largest absolute Gasteiger partial charge is 0.357 e. The highest BCUT2D eigenvalue weighted by Crippen LogP contribution is 2.31. The SMILES string of the molecule is COC1NC(=O)c2cccc3cccc1c23. The Labute approximate surface area is 93.0 Å². The summed E-state index contributed by atoms with van der Waals surface area (Å²) in [4.78, 5) is 11.9. The lowest BCUT2D eigenvalue weighted by Crippen LogP contribution is -2.33. The number of ether oxygens (including phenoxy) is 1. The van der Waals surface area contributed by atoms with Gasteiger partial charge in [-0.3, -0.25) is 4.79 Å². The van der Waals surface area contributed by atoms with Crippen LogP contribution in [0.15, 0.2) is 36.4 Å². The zero-order valence-electron chi connectivity index (χ0n) is 8.86. The third-order valence-electron chi connectivity index (χ3n) is 2.96. The molecule has 1 amide bonds. The Balaban J connectivity index is 2.42. The van der Waals surface area contributed by atoms with Crippen molar-refractivity contribution in [1.82, 2.24) is 5.32 Å². The van der Waals surface area contributed by atoms with E-state index < -0.39 is 0 Å². The van der Waals surface area contributed by atoms with Gasteiger partial charge in [0.1, 0.15) is 0 Å². The minimum Gasteiger partial charge on any atom is -0.357 e. The highest BCUT2D eigenvalue weighted by molar-refractivity contribution is 6.10. The number of hydrogen-bond acceptors (Lipinski definition) is 2. The molecule has 0 aliphatic carbocycles. The van der Waals surface area contributed by atoms with Crippen LogP contribution in [0.2, 0.25) is 0 Å². The van der Waals surface area contributed by atoms with E-state index in [9.17, 15) is 4.79 Å². The number of amides is 1. The van der Waals surface area contributed by atoms with Gasteiger partial charge in [0.05, 0.1) is 0 Å². The molecule has 1 unspecified atom stereocenters. The van der Waals surface area contributed by atoms with Crippen molar-refractivity contribution in [3.05, 3.63) is 47.5 Å². The maximum absolute atomic E-state index is 11.9. The van der Waals surface area contributed by atoms with Gasteiger partial charge in [0.15, 0.2) is 6.23 Å². The first kappa shape index (κ1) is 9.36. The Morgan fingerprint density at radius 3 is 2.69 bits per heavy atom. The van der Waals surface area contributed by atoms with Crippen LogP contribution < -0.4 is 5.32 Å². The summed E-state index contributed by atoms with van der Waals surface area (Å²) in [6, 6.07) is 11.7. The van der Waals surface area contributed by atoms with E-state index in [0.717, 1.165) is 21.9 Å². The summed E-state index contributed by atoms with van der Waals surface area (Å²) in [6.45, 7) is 0. The van der Waals surface area contributed by atoms with Gasteiger partial charge < -0.3 is 10.1 Å². The van der Waals surface area contributed by atoms with E-state index >= 15 is 0 Å². The van der Waals surface area contributed by atoms with Gasteiger partial charge in [-0.1, -0.05) is 30.3 Å². The molecule has 3 nitrogen and oxygen atoms in total. The quantitative estimate of drug-likeness (QED) is 0.788. The topological polar surface area (TPSA) is 38.3 Å². The summed E-state index contributed by atoms with van der Waals surface area (Å²) in [5.41, 5.74) is 1.75. The van der Waals surface area contributed by atoms with Crippen molar-refractivity contribution in [2.45, 2.75) is 6.23 Å². The van der Waals surface area contributed by atoms with Gasteiger partial charge in [-0.15, -0.1) is 0 Å². The first-order valence-corrected chi connectivity index (χ1v) is 5.16. The molecule has 1 N–H and O–H groups in total. The monoisotopic (exact) mass is 213 g/mol. The second kappa shape index (κ2) is 3.32. The molecule has 0 saturated carbocycles. The maximum atomic E-state index is 11.9. The van der Waals surface area contributed by atoms with E-state index in [2.05, 4.69) is 5.32 Å². The second-order valence-corrected chi connectivity index (χ2v) is 3.84. The molecule has 80 valence electrons. The lowest BCUT2D eigenvalue weighted by Gasteiger charge is -2.25. The normalized spacial score (nSPS) is 18.6. The van der Waals surface area contributed by atoms with Crippen LogP contribution in [0, 0.1) is 0 Å². The molecule has 0 fully saturated rings. The number of rotatable bonds is 1. The second-order valence-electron chi connectivity index (χ2n) is 3.84. The molecule has 0 aromatic heterocycles. The summed E-state index contributed by atoms with van der Waals surface area (Å²) < 4.78 is 5.28. The van der Waals surface area contributed by atoms with Crippen LogP contribution in [-0.4, -0.2) is 13.0 Å². The van der Waals surface area contributed by atoms with Crippen LogP contribution in [0.1, 0.15) is 22.1 Å². The van der Waals surface area contributed by atoms with Crippen molar-refractivity contribution >= 4 is 16.7 Å². The Morgan fingerprint density at radius 2 is 1.94 bits per heavy atom. The highest BCUT2D eigenvalue weighted by atomic mass is 16.5. The Hall–Kier alpha value is -1.87. The third kappa shape index (κ3) is 1.15. The summed E-state index contributed by atoms with van der Waals surface area (Å²) in [6.07, 6.45) is -0.342. The molecule has 0 saturated heterocycles. The standard InChI is InChI=1S/C13H11NO2/c1-16-13-10-7-3-5-8-4-2-6-9(11(8)10)12(15)14-13/h2-7,13H,1H3,(H,14,15). The Kier molecular flexibility index (Phi) is 1.94. The van der Waals surface area contributed by atoms with Crippen LogP contribution >= 0.6 is 0 Å². The molecule has 1 aliphatic rings. The highest BCUT2D eigenvalue weighted by Gasteiger charge is 2.25. The molecule has 1 heterocycles. The van der Waals surface area contributed by atoms with Gasteiger partial charge in [0, 0.05) is 23.6 Å². The minimum atomic E-state index is -0.342. The molecule has 2 aromatic carbocycles. The van der Waals surface area contributed by atoms with Crippen LogP contribution in [-0.2, 0) is 4.74 Å². The lowest BCUT2D eigenvalue weighted by atomic mass is 9.95. The molecule has 0 spiro atoms. The maximum Gasteiger partial charge on any atom is 0.254 e. The van der Waals surface area contributed by atoms with Crippen LogP contribution in [0.4, 0.5) is 0 Å². The van der Waals surface area contributed by atoms with Crippen LogP contribution in [0.25, 0.3) is 10.8 Å². The molecular weight excluding hydrogens is 202 g/mol. The predicted octanol–water partition coefficient (Wildman–Crippen LogP) is 2.23. The molecule has 2 aromatic rings. The van der Waals surface area contributed by atoms with E-state index in [4.69, 9.17) is 4.74 Å². The number of hydrogen-bond donors (Lipinski definition) is 1. The molecular formula is C13H11NO2. The number of carbonyl (C=O) groups is 1. The van der Waals surface area contributed by atoms with Gasteiger partial charge in [-0.2, -0.15) is 0 Å². The van der Waals surface area contributed by atoms with E-state index in [-0.39, 0.29) is 12.1 Å². The van der Waals surface area contributed by atoms with E-state index in [1.807, 2.05) is 36.4 Å². The van der Waals surface area contributed by atoms with Gasteiger partial charge in [-0.05, 0) is 11.5 Å². The van der Waals surface area contributed by atoms with Crippen LogP contribution in [0.5, 0.6) is 0 Å². The fourth-order valence-corrected chi connectivity index (χ4v) is 2.24. The molecule has 3 heteroatoms. The van der Waals surface area contributed by atoms with Crippen molar-refractivity contribution in [2.24, 2.45) is 0 Å². The molecule has 0 radical (unpaired) electrons. The first-order valence-electron chi connectivity index (χ1n) is 5.16. The zero-order chi connectivity index (χ0) is 11.1. The fraction of sp³-hybridized carbons (Fsp3) is 0.154. The van der Waals surface area contributed by atoms with Gasteiger partial charge in [0.25, 0.3) is 5.91 Å². The predicted molar refractivity (Wildman–Crippen MR) is 61.2 cm³/mol. The van der Waals surface area contributed by atoms with Crippen LogP contribution in [0.3, 0.4) is 0 Å². The van der Waals surface area contributed by atoms with Crippen molar-refractivity contribution in [1.29, 1.82) is 0 Å². The van der Waals surface area contributed by atoms with Crippen molar-refractivity contribution < 1.29 is 9.53 Å². The zero-order valence-corrected chi connectivity index (χ0v) is 8.86. The summed E-state index contributed by atoms with van der Waals surface area (Å²) >= 11 is 0. The minimum absolute atomic E-state index is 0.0730. The molecule has 0 bridgehead atoms. The summed E-state index contributed by atoms with van der Waals surface area (Å²) in [5.74, 6) is -0.0730. The number of methoxy groups -OCH3 is 1. The average molecular weight is 213 g/mol. The van der Waals surface area contributed by atoms with Crippen molar-refractivity contribution in [3.63, 3.8) is 0 Å². The average Bonchev–Trinajstić information content (AvgIpc) is 2.33. The van der Waals surface area contributed by atoms with Gasteiger partial charge >= 0.3 is 0 Å². The third-order valence-corrected chi connectivity index (χ3v) is 2.96. The van der Waals surface area contributed by atoms with E-state index in [0.29, 0.717) is 0 Å². The van der Waals surface area contributed by atoms with E-state index in [1.165, 1.54) is 0 Å². The van der Waals surface area contributed by atoms with E-state index in [1.54, 1.807) is 7.11 Å². The molecule has 1 atom stereocenters. The molecule has 3 rings (SSSR count). The van der Waals surface area contributed by atoms with Gasteiger partial charge in [-0.25, -0.2) is 0 Å². The molecule has 1 aliphatic heterocycles.